The lowest BCUT2D eigenvalue weighted by Crippen LogP contribution is -2.55. The van der Waals surface area contributed by atoms with Gasteiger partial charge in [0.15, 0.2) is 0 Å². The third kappa shape index (κ3) is 3.64. The Balaban J connectivity index is 2.24. The standard InChI is InChI=1S/C10H21N3O/c1-8-7-13(9(2)6-12-8)5-4-11-10(3)14/h8-9,12H,4-7H2,1-3H3,(H,11,14). The van der Waals surface area contributed by atoms with E-state index in [1.165, 1.54) is 0 Å². The molecule has 0 aromatic heterocycles. The van der Waals surface area contributed by atoms with Crippen LogP contribution in [0, 0.1) is 0 Å². The van der Waals surface area contributed by atoms with Crippen LogP contribution < -0.4 is 10.6 Å². The Morgan fingerprint density at radius 1 is 1.57 bits per heavy atom. The molecule has 2 N–H and O–H groups in total. The summed E-state index contributed by atoms with van der Waals surface area (Å²) in [5.41, 5.74) is 0. The molecule has 82 valence electrons. The predicted molar refractivity (Wildman–Crippen MR) is 57.2 cm³/mol. The normalized spacial score (nSPS) is 28.8. The third-order valence-electron chi connectivity index (χ3n) is 2.67. The van der Waals surface area contributed by atoms with Crippen LogP contribution in [0.1, 0.15) is 20.8 Å². The zero-order chi connectivity index (χ0) is 10.6. The van der Waals surface area contributed by atoms with Gasteiger partial charge in [0.25, 0.3) is 0 Å². The molecule has 1 rings (SSSR count). The smallest absolute Gasteiger partial charge is 0.216 e. The number of piperazine rings is 1. The molecule has 4 nitrogen and oxygen atoms in total. The first kappa shape index (κ1) is 11.5. The van der Waals surface area contributed by atoms with Gasteiger partial charge in [-0.3, -0.25) is 9.69 Å². The van der Waals surface area contributed by atoms with E-state index in [4.69, 9.17) is 0 Å². The first-order chi connectivity index (χ1) is 6.59. The molecule has 4 heteroatoms. The Kier molecular flexibility index (Phi) is 4.35. The largest absolute Gasteiger partial charge is 0.355 e. The fraction of sp³-hybridized carbons (Fsp3) is 0.900. The maximum Gasteiger partial charge on any atom is 0.216 e. The lowest BCUT2D eigenvalue weighted by Gasteiger charge is -2.37. The second-order valence-corrected chi connectivity index (χ2v) is 4.14. The highest BCUT2D eigenvalue weighted by Gasteiger charge is 2.21. The zero-order valence-electron chi connectivity index (χ0n) is 9.34. The minimum Gasteiger partial charge on any atom is -0.355 e. The second-order valence-electron chi connectivity index (χ2n) is 4.14. The Hall–Kier alpha value is -0.610. The molecular weight excluding hydrogens is 178 g/mol. The van der Waals surface area contributed by atoms with Crippen LogP contribution in [0.3, 0.4) is 0 Å². The van der Waals surface area contributed by atoms with Gasteiger partial charge in [-0.2, -0.15) is 0 Å². The van der Waals surface area contributed by atoms with Gasteiger partial charge < -0.3 is 10.6 Å². The summed E-state index contributed by atoms with van der Waals surface area (Å²) in [6.07, 6.45) is 0. The monoisotopic (exact) mass is 199 g/mol. The molecule has 0 aliphatic carbocycles. The lowest BCUT2D eigenvalue weighted by atomic mass is 10.1. The molecule has 1 saturated heterocycles. The van der Waals surface area contributed by atoms with Gasteiger partial charge in [-0.05, 0) is 13.8 Å². The molecular formula is C10H21N3O. The molecule has 1 aliphatic rings. The highest BCUT2D eigenvalue weighted by atomic mass is 16.1. The summed E-state index contributed by atoms with van der Waals surface area (Å²) in [6, 6.07) is 1.13. The maximum atomic E-state index is 10.7. The van der Waals surface area contributed by atoms with Gasteiger partial charge >= 0.3 is 0 Å². The van der Waals surface area contributed by atoms with Crippen molar-refractivity contribution < 1.29 is 4.79 Å². The van der Waals surface area contributed by atoms with Gasteiger partial charge in [-0.1, -0.05) is 0 Å². The Labute approximate surface area is 86.0 Å². The number of amides is 1. The Morgan fingerprint density at radius 3 is 2.93 bits per heavy atom. The molecule has 1 amide bonds. The molecule has 1 heterocycles. The summed E-state index contributed by atoms with van der Waals surface area (Å²) < 4.78 is 0. The molecule has 0 spiro atoms. The van der Waals surface area contributed by atoms with E-state index < -0.39 is 0 Å². The van der Waals surface area contributed by atoms with Crippen LogP contribution >= 0.6 is 0 Å². The SMILES string of the molecule is CC(=O)NCCN1CC(C)NCC1C. The van der Waals surface area contributed by atoms with Crippen molar-refractivity contribution in [1.29, 1.82) is 0 Å². The van der Waals surface area contributed by atoms with E-state index in [9.17, 15) is 4.79 Å². The minimum atomic E-state index is 0.0563. The molecule has 2 unspecified atom stereocenters. The average Bonchev–Trinajstić information content (AvgIpc) is 2.10. The van der Waals surface area contributed by atoms with Crippen molar-refractivity contribution in [2.75, 3.05) is 26.2 Å². The van der Waals surface area contributed by atoms with Crippen LogP contribution in [0.15, 0.2) is 0 Å². The molecule has 2 atom stereocenters. The van der Waals surface area contributed by atoms with E-state index in [-0.39, 0.29) is 5.91 Å². The zero-order valence-corrected chi connectivity index (χ0v) is 9.34. The van der Waals surface area contributed by atoms with Gasteiger partial charge in [0.05, 0.1) is 0 Å². The molecule has 0 bridgehead atoms. The quantitative estimate of drug-likeness (QED) is 0.662. The van der Waals surface area contributed by atoms with Crippen LogP contribution in [-0.4, -0.2) is 49.1 Å². The summed E-state index contributed by atoms with van der Waals surface area (Å²) in [5.74, 6) is 0.0563. The number of nitrogens with zero attached hydrogens (tertiary/aromatic N) is 1. The highest BCUT2D eigenvalue weighted by molar-refractivity contribution is 5.72. The Morgan fingerprint density at radius 2 is 2.29 bits per heavy atom. The summed E-state index contributed by atoms with van der Waals surface area (Å²) in [7, 11) is 0. The number of carbonyl (C=O) groups excluding carboxylic acids is 1. The summed E-state index contributed by atoms with van der Waals surface area (Å²) in [5, 5.41) is 6.26. The van der Waals surface area contributed by atoms with Crippen LogP contribution in [0.5, 0.6) is 0 Å². The molecule has 0 aromatic carbocycles. The summed E-state index contributed by atoms with van der Waals surface area (Å²) in [6.45, 7) is 9.79. The van der Waals surface area contributed by atoms with Gasteiger partial charge in [0, 0.05) is 45.2 Å². The number of rotatable bonds is 3. The van der Waals surface area contributed by atoms with Crippen molar-refractivity contribution in [1.82, 2.24) is 15.5 Å². The van der Waals surface area contributed by atoms with Gasteiger partial charge in [-0.25, -0.2) is 0 Å². The van der Waals surface area contributed by atoms with Gasteiger partial charge in [-0.15, -0.1) is 0 Å². The van der Waals surface area contributed by atoms with Crippen LogP contribution in [0.25, 0.3) is 0 Å². The predicted octanol–water partition coefficient (Wildman–Crippen LogP) is -0.195. The molecule has 0 radical (unpaired) electrons. The van der Waals surface area contributed by atoms with Gasteiger partial charge in [0.1, 0.15) is 0 Å². The number of carbonyl (C=O) groups is 1. The number of nitrogens with one attached hydrogen (secondary N) is 2. The molecule has 1 fully saturated rings. The van der Waals surface area contributed by atoms with Crippen LogP contribution in [0.4, 0.5) is 0 Å². The van der Waals surface area contributed by atoms with E-state index in [1.807, 2.05) is 0 Å². The van der Waals surface area contributed by atoms with Crippen molar-refractivity contribution >= 4 is 5.91 Å². The number of hydrogen-bond donors (Lipinski definition) is 2. The molecule has 1 aliphatic heterocycles. The second kappa shape index (κ2) is 5.32. The summed E-state index contributed by atoms with van der Waals surface area (Å²) >= 11 is 0. The first-order valence-corrected chi connectivity index (χ1v) is 5.31. The van der Waals surface area contributed by atoms with Crippen molar-refractivity contribution in [3.8, 4) is 0 Å². The van der Waals surface area contributed by atoms with Crippen molar-refractivity contribution in [3.05, 3.63) is 0 Å². The first-order valence-electron chi connectivity index (χ1n) is 5.31. The van der Waals surface area contributed by atoms with E-state index in [0.717, 1.165) is 26.2 Å². The van der Waals surface area contributed by atoms with E-state index >= 15 is 0 Å². The fourth-order valence-corrected chi connectivity index (χ4v) is 1.78. The topological polar surface area (TPSA) is 44.4 Å². The Bertz CT molecular complexity index is 196. The van der Waals surface area contributed by atoms with E-state index in [1.54, 1.807) is 6.92 Å². The van der Waals surface area contributed by atoms with Crippen molar-refractivity contribution in [2.24, 2.45) is 0 Å². The lowest BCUT2D eigenvalue weighted by molar-refractivity contribution is -0.119. The average molecular weight is 199 g/mol. The molecule has 0 saturated carbocycles. The third-order valence-corrected chi connectivity index (χ3v) is 2.67. The van der Waals surface area contributed by atoms with E-state index in [0.29, 0.717) is 12.1 Å². The van der Waals surface area contributed by atoms with Crippen LogP contribution in [-0.2, 0) is 4.79 Å². The van der Waals surface area contributed by atoms with Crippen molar-refractivity contribution in [3.63, 3.8) is 0 Å². The highest BCUT2D eigenvalue weighted by Crippen LogP contribution is 2.04. The maximum absolute atomic E-state index is 10.7. The van der Waals surface area contributed by atoms with Crippen LogP contribution in [0.2, 0.25) is 0 Å². The van der Waals surface area contributed by atoms with E-state index in [2.05, 4.69) is 29.4 Å². The fourth-order valence-electron chi connectivity index (χ4n) is 1.78. The molecule has 14 heavy (non-hydrogen) atoms. The minimum absolute atomic E-state index is 0.0563. The summed E-state index contributed by atoms with van der Waals surface area (Å²) in [4.78, 5) is 13.1. The molecule has 0 aromatic rings. The van der Waals surface area contributed by atoms with Crippen molar-refractivity contribution in [2.45, 2.75) is 32.9 Å². The number of hydrogen-bond acceptors (Lipinski definition) is 3. The van der Waals surface area contributed by atoms with Gasteiger partial charge in [0.2, 0.25) is 5.91 Å².